The fourth-order valence-electron chi connectivity index (χ4n) is 0.469. The second-order valence-corrected chi connectivity index (χ2v) is 1.65. The van der Waals surface area contributed by atoms with Gasteiger partial charge in [-0.2, -0.15) is 0 Å². The van der Waals surface area contributed by atoms with Gasteiger partial charge in [0.15, 0.2) is 0 Å². The van der Waals surface area contributed by atoms with Crippen LogP contribution in [0.15, 0.2) is 18.2 Å². The molecular formula is C8H6. The van der Waals surface area contributed by atoms with Crippen LogP contribution in [0.1, 0.15) is 0 Å². The third-order valence-corrected chi connectivity index (χ3v) is 0.901. The Morgan fingerprint density at radius 3 is 2.62 bits per heavy atom. The van der Waals surface area contributed by atoms with Crippen LogP contribution in [-0.2, 0) is 0 Å². The molecule has 1 aromatic carbocycles. The van der Waals surface area contributed by atoms with Crippen LogP contribution in [0.5, 0.6) is 0 Å². The van der Waals surface area contributed by atoms with Crippen molar-refractivity contribution in [3.05, 3.63) is 34.7 Å². The third-order valence-electron chi connectivity index (χ3n) is 0.901. The lowest BCUT2D eigenvalue weighted by Crippen LogP contribution is -2.03. The summed E-state index contributed by atoms with van der Waals surface area (Å²) in [6, 6.07) is 8.21. The number of hydrogen-bond acceptors (Lipinski definition) is 0. The van der Waals surface area contributed by atoms with Gasteiger partial charge in [-0.05, 0) is 22.6 Å². The Bertz CT molecular complexity index is 207. The maximum absolute atomic E-state index is 5.34. The highest BCUT2D eigenvalue weighted by Crippen LogP contribution is 1.61. The Balaban J connectivity index is 3.44. The molecular weight excluding hydrogens is 96.1 g/mol. The van der Waals surface area contributed by atoms with Gasteiger partial charge < -0.3 is 0 Å². The van der Waals surface area contributed by atoms with E-state index in [-0.39, 0.29) is 0 Å². The summed E-state index contributed by atoms with van der Waals surface area (Å²) in [5.41, 5.74) is 0. The van der Waals surface area contributed by atoms with Gasteiger partial charge >= 0.3 is 0 Å². The molecule has 1 rings (SSSR count). The van der Waals surface area contributed by atoms with Crippen molar-refractivity contribution < 1.29 is 0 Å². The SMILES string of the molecule is [CH]=c1[c]cc(=C)cc1. The Kier molecular flexibility index (Phi) is 1.17. The van der Waals surface area contributed by atoms with Crippen LogP contribution < -0.4 is 10.4 Å². The first kappa shape index (κ1) is 5.10. The van der Waals surface area contributed by atoms with Crippen molar-refractivity contribution in [1.29, 1.82) is 0 Å². The van der Waals surface area contributed by atoms with Crippen molar-refractivity contribution in [3.63, 3.8) is 0 Å². The van der Waals surface area contributed by atoms with Gasteiger partial charge in [0.25, 0.3) is 0 Å². The lowest BCUT2D eigenvalue weighted by molar-refractivity contribution is 1.55. The third kappa shape index (κ3) is 0.969. The predicted octanol–water partition coefficient (Wildman–Crippen LogP) is 0.184. The predicted molar refractivity (Wildman–Crippen MR) is 34.5 cm³/mol. The van der Waals surface area contributed by atoms with Crippen molar-refractivity contribution in [1.82, 2.24) is 0 Å². The van der Waals surface area contributed by atoms with Crippen LogP contribution in [0.25, 0.3) is 13.2 Å². The quantitative estimate of drug-likeness (QED) is 0.438. The highest BCUT2D eigenvalue weighted by atomic mass is 13.8. The van der Waals surface area contributed by atoms with Gasteiger partial charge in [0, 0.05) is 0 Å². The van der Waals surface area contributed by atoms with Gasteiger partial charge in [0.2, 0.25) is 0 Å². The molecule has 8 heavy (non-hydrogen) atoms. The largest absolute Gasteiger partial charge is 0.0917 e. The smallest absolute Gasteiger partial charge is 0.00995 e. The van der Waals surface area contributed by atoms with Gasteiger partial charge in [0.05, 0.1) is 0 Å². The molecule has 1 aromatic rings. The highest BCUT2D eigenvalue weighted by Gasteiger charge is 1.70. The summed E-state index contributed by atoms with van der Waals surface area (Å²) < 4.78 is 0. The minimum Gasteiger partial charge on any atom is -0.0917 e. The molecule has 0 atom stereocenters. The molecule has 0 aliphatic heterocycles. The standard InChI is InChI=1S/C8H6/c1-7-3-5-8(2)6-4-7/h1,3,5-6H,2H2. The molecule has 0 aliphatic carbocycles. The first-order valence-electron chi connectivity index (χ1n) is 2.38. The van der Waals surface area contributed by atoms with Crippen LogP contribution in [0.4, 0.5) is 0 Å². The van der Waals surface area contributed by atoms with Crippen LogP contribution in [-0.4, -0.2) is 0 Å². The maximum Gasteiger partial charge on any atom is -0.00995 e. The van der Waals surface area contributed by atoms with Gasteiger partial charge in [-0.3, -0.25) is 0 Å². The monoisotopic (exact) mass is 102 g/mol. The minimum absolute atomic E-state index is 0.664. The van der Waals surface area contributed by atoms with E-state index in [1.54, 1.807) is 12.1 Å². The number of rotatable bonds is 0. The maximum atomic E-state index is 5.34. The molecule has 0 heteroatoms. The second-order valence-electron chi connectivity index (χ2n) is 1.65. The molecule has 0 nitrogen and oxygen atoms in total. The van der Waals surface area contributed by atoms with Crippen molar-refractivity contribution in [2.75, 3.05) is 0 Å². The minimum atomic E-state index is 0.664. The fourth-order valence-corrected chi connectivity index (χ4v) is 0.469. The zero-order valence-corrected chi connectivity index (χ0v) is 4.52. The zero-order valence-electron chi connectivity index (χ0n) is 4.52. The van der Waals surface area contributed by atoms with Crippen LogP contribution >= 0.6 is 0 Å². The average Bonchev–Trinajstić information content (AvgIpc) is 1.77. The van der Waals surface area contributed by atoms with Crippen molar-refractivity contribution in [2.24, 2.45) is 0 Å². The van der Waals surface area contributed by atoms with E-state index in [0.717, 1.165) is 5.22 Å². The summed E-state index contributed by atoms with van der Waals surface area (Å²) in [6.07, 6.45) is 0. The summed E-state index contributed by atoms with van der Waals surface area (Å²) in [4.78, 5) is 0. The molecule has 0 fully saturated rings. The summed E-state index contributed by atoms with van der Waals surface area (Å²) in [5.74, 6) is 0. The Morgan fingerprint density at radius 2 is 2.25 bits per heavy atom. The van der Waals surface area contributed by atoms with E-state index in [1.165, 1.54) is 0 Å². The fraction of sp³-hybridized carbons (Fsp3) is 0. The summed E-state index contributed by atoms with van der Waals surface area (Å²) in [7, 11) is 0. The lowest BCUT2D eigenvalue weighted by atomic mass is 10.3. The molecule has 2 radical (unpaired) electrons. The van der Waals surface area contributed by atoms with E-state index in [4.69, 9.17) is 6.58 Å². The molecule has 0 unspecified atom stereocenters. The molecule has 0 bridgehead atoms. The van der Waals surface area contributed by atoms with E-state index < -0.39 is 0 Å². The van der Waals surface area contributed by atoms with E-state index in [1.807, 2.05) is 6.07 Å². The van der Waals surface area contributed by atoms with Crippen molar-refractivity contribution in [2.45, 2.75) is 0 Å². The molecule has 0 heterocycles. The Hall–Kier alpha value is -1.04. The number of benzene rings is 1. The van der Waals surface area contributed by atoms with E-state index >= 15 is 0 Å². The van der Waals surface area contributed by atoms with E-state index in [2.05, 4.69) is 12.6 Å². The molecule has 0 aromatic heterocycles. The average molecular weight is 102 g/mol. The lowest BCUT2D eigenvalue weighted by Gasteiger charge is -1.77. The summed E-state index contributed by atoms with van der Waals surface area (Å²) >= 11 is 0. The number of hydrogen-bond donors (Lipinski definition) is 0. The topological polar surface area (TPSA) is 0 Å². The molecule has 0 spiro atoms. The van der Waals surface area contributed by atoms with Gasteiger partial charge in [0.1, 0.15) is 0 Å². The molecule has 0 saturated heterocycles. The van der Waals surface area contributed by atoms with Gasteiger partial charge in [-0.15, -0.1) is 0 Å². The summed E-state index contributed by atoms with van der Waals surface area (Å²) in [5, 5.41) is 1.61. The summed E-state index contributed by atoms with van der Waals surface area (Å²) in [6.45, 7) is 9.02. The second kappa shape index (κ2) is 1.83. The molecule has 38 valence electrons. The van der Waals surface area contributed by atoms with Crippen LogP contribution in [0, 0.1) is 6.07 Å². The van der Waals surface area contributed by atoms with E-state index in [0.29, 0.717) is 5.22 Å². The highest BCUT2D eigenvalue weighted by molar-refractivity contribution is 5.12. The molecule has 0 amide bonds. The normalized spacial score (nSPS) is 9.00. The van der Waals surface area contributed by atoms with Crippen molar-refractivity contribution in [3.8, 4) is 0 Å². The molecule has 0 N–H and O–H groups in total. The van der Waals surface area contributed by atoms with Gasteiger partial charge in [-0.25, -0.2) is 0 Å². The van der Waals surface area contributed by atoms with Gasteiger partial charge in [-0.1, -0.05) is 25.3 Å². The van der Waals surface area contributed by atoms with Crippen LogP contribution in [0.2, 0.25) is 0 Å². The van der Waals surface area contributed by atoms with E-state index in [9.17, 15) is 0 Å². The first-order chi connectivity index (χ1) is 3.79. The Labute approximate surface area is 48.8 Å². The molecule has 0 aliphatic rings. The zero-order chi connectivity index (χ0) is 5.98. The Morgan fingerprint density at radius 1 is 1.50 bits per heavy atom. The van der Waals surface area contributed by atoms with Crippen molar-refractivity contribution >= 4 is 13.2 Å². The molecule has 0 saturated carbocycles. The van der Waals surface area contributed by atoms with Crippen LogP contribution in [0.3, 0.4) is 0 Å². The first-order valence-corrected chi connectivity index (χ1v) is 2.38.